The highest BCUT2D eigenvalue weighted by atomic mass is 16.2. The Bertz CT molecular complexity index is 686. The average molecular weight is 311 g/mol. The minimum Gasteiger partial charge on any atom is -0.350 e. The van der Waals surface area contributed by atoms with Gasteiger partial charge in [0, 0.05) is 31.2 Å². The van der Waals surface area contributed by atoms with Crippen molar-refractivity contribution >= 4 is 17.5 Å². The summed E-state index contributed by atoms with van der Waals surface area (Å²) in [6.45, 7) is 3.93. The van der Waals surface area contributed by atoms with Crippen molar-refractivity contribution in [3.8, 4) is 0 Å². The van der Waals surface area contributed by atoms with Gasteiger partial charge in [0.15, 0.2) is 0 Å². The largest absolute Gasteiger partial charge is 0.350 e. The third-order valence-electron chi connectivity index (χ3n) is 3.69. The fourth-order valence-corrected chi connectivity index (χ4v) is 2.05. The normalized spacial score (nSPS) is 11.6. The number of aromatic nitrogens is 1. The molecule has 5 nitrogen and oxygen atoms in total. The highest BCUT2D eigenvalue weighted by molar-refractivity contribution is 6.07. The van der Waals surface area contributed by atoms with E-state index >= 15 is 0 Å². The van der Waals surface area contributed by atoms with Gasteiger partial charge in [0.1, 0.15) is 0 Å². The molecule has 0 saturated heterocycles. The number of benzene rings is 1. The Labute approximate surface area is 136 Å². The summed E-state index contributed by atoms with van der Waals surface area (Å²) in [5.74, 6) is -0.425. The van der Waals surface area contributed by atoms with Gasteiger partial charge in [0.25, 0.3) is 11.8 Å². The number of amides is 2. The second-order valence-electron chi connectivity index (χ2n) is 5.44. The van der Waals surface area contributed by atoms with E-state index in [1.165, 1.54) is 17.3 Å². The maximum atomic E-state index is 12.6. The molecule has 1 aromatic heterocycles. The van der Waals surface area contributed by atoms with Crippen LogP contribution in [0.5, 0.6) is 0 Å². The highest BCUT2D eigenvalue weighted by Gasteiger charge is 2.16. The summed E-state index contributed by atoms with van der Waals surface area (Å²) < 4.78 is 0. The minimum atomic E-state index is -0.219. The molecule has 5 heteroatoms. The first-order chi connectivity index (χ1) is 11.0. The fourth-order valence-electron chi connectivity index (χ4n) is 2.05. The molecule has 0 aliphatic rings. The van der Waals surface area contributed by atoms with Crippen LogP contribution in [0, 0.1) is 0 Å². The molecule has 2 amide bonds. The molecule has 120 valence electrons. The van der Waals surface area contributed by atoms with E-state index in [2.05, 4.69) is 10.3 Å². The van der Waals surface area contributed by atoms with Crippen LogP contribution < -0.4 is 10.2 Å². The van der Waals surface area contributed by atoms with Crippen molar-refractivity contribution < 1.29 is 9.59 Å². The lowest BCUT2D eigenvalue weighted by Crippen LogP contribution is -2.32. The van der Waals surface area contributed by atoms with Crippen molar-refractivity contribution in [2.24, 2.45) is 0 Å². The van der Waals surface area contributed by atoms with E-state index < -0.39 is 0 Å². The zero-order chi connectivity index (χ0) is 16.8. The SMILES string of the molecule is CCC(C)NC(=O)c1cncc(C(=O)N(C)c2ccccc2)c1. The Morgan fingerprint density at radius 3 is 2.48 bits per heavy atom. The maximum absolute atomic E-state index is 12.6. The molecule has 1 atom stereocenters. The summed E-state index contributed by atoms with van der Waals surface area (Å²) in [7, 11) is 1.70. The molecule has 2 rings (SSSR count). The van der Waals surface area contributed by atoms with Gasteiger partial charge in [-0.3, -0.25) is 14.6 Å². The molecule has 23 heavy (non-hydrogen) atoms. The Balaban J connectivity index is 2.19. The number of rotatable bonds is 5. The zero-order valence-corrected chi connectivity index (χ0v) is 13.6. The van der Waals surface area contributed by atoms with Crippen molar-refractivity contribution in [1.29, 1.82) is 0 Å². The topological polar surface area (TPSA) is 62.3 Å². The Morgan fingerprint density at radius 2 is 1.83 bits per heavy atom. The van der Waals surface area contributed by atoms with Crippen molar-refractivity contribution in [2.45, 2.75) is 26.3 Å². The summed E-state index contributed by atoms with van der Waals surface area (Å²) >= 11 is 0. The van der Waals surface area contributed by atoms with E-state index in [0.717, 1.165) is 12.1 Å². The standard InChI is InChI=1S/C18H21N3O2/c1-4-13(2)20-17(22)14-10-15(12-19-11-14)18(23)21(3)16-8-6-5-7-9-16/h5-13H,4H2,1-3H3,(H,20,22). The number of carbonyl (C=O) groups excluding carboxylic acids is 2. The first kappa shape index (κ1) is 16.7. The molecule has 0 spiro atoms. The molecule has 0 aliphatic carbocycles. The quantitative estimate of drug-likeness (QED) is 0.923. The van der Waals surface area contributed by atoms with Gasteiger partial charge in [-0.15, -0.1) is 0 Å². The predicted molar refractivity (Wildman–Crippen MR) is 90.6 cm³/mol. The number of nitrogens with zero attached hydrogens (tertiary/aromatic N) is 2. The second-order valence-corrected chi connectivity index (χ2v) is 5.44. The molecular weight excluding hydrogens is 290 g/mol. The lowest BCUT2D eigenvalue weighted by molar-refractivity contribution is 0.0939. The van der Waals surface area contributed by atoms with Crippen molar-refractivity contribution in [3.05, 3.63) is 59.9 Å². The number of carbonyl (C=O) groups is 2. The Hall–Kier alpha value is -2.69. The first-order valence-corrected chi connectivity index (χ1v) is 7.62. The number of hydrogen-bond donors (Lipinski definition) is 1. The number of anilines is 1. The van der Waals surface area contributed by atoms with Gasteiger partial charge >= 0.3 is 0 Å². The summed E-state index contributed by atoms with van der Waals surface area (Å²) in [6, 6.07) is 11.0. The first-order valence-electron chi connectivity index (χ1n) is 7.62. The summed E-state index contributed by atoms with van der Waals surface area (Å²) in [4.78, 5) is 30.3. The summed E-state index contributed by atoms with van der Waals surface area (Å²) in [5, 5.41) is 2.87. The van der Waals surface area contributed by atoms with Crippen LogP contribution in [0.4, 0.5) is 5.69 Å². The van der Waals surface area contributed by atoms with Gasteiger partial charge in [-0.1, -0.05) is 25.1 Å². The van der Waals surface area contributed by atoms with Gasteiger partial charge in [-0.05, 0) is 31.5 Å². The number of pyridine rings is 1. The van der Waals surface area contributed by atoms with E-state index in [1.54, 1.807) is 13.1 Å². The molecule has 1 unspecified atom stereocenters. The van der Waals surface area contributed by atoms with Crippen molar-refractivity contribution in [1.82, 2.24) is 10.3 Å². The summed E-state index contributed by atoms with van der Waals surface area (Å²) in [6.07, 6.45) is 3.79. The summed E-state index contributed by atoms with van der Waals surface area (Å²) in [5.41, 5.74) is 1.55. The number of hydrogen-bond acceptors (Lipinski definition) is 3. The van der Waals surface area contributed by atoms with Crippen LogP contribution >= 0.6 is 0 Å². The highest BCUT2D eigenvalue weighted by Crippen LogP contribution is 2.15. The molecule has 1 aromatic carbocycles. The van der Waals surface area contributed by atoms with E-state index in [9.17, 15) is 9.59 Å². The third kappa shape index (κ3) is 4.16. The molecule has 1 N–H and O–H groups in total. The van der Waals surface area contributed by atoms with Crippen LogP contribution in [0.25, 0.3) is 0 Å². The Morgan fingerprint density at radius 1 is 1.17 bits per heavy atom. The molecule has 0 radical (unpaired) electrons. The molecule has 0 saturated carbocycles. The molecule has 0 aliphatic heterocycles. The van der Waals surface area contributed by atoms with Crippen LogP contribution in [0.15, 0.2) is 48.8 Å². The monoisotopic (exact) mass is 311 g/mol. The lowest BCUT2D eigenvalue weighted by atomic mass is 10.1. The van der Waals surface area contributed by atoms with Gasteiger partial charge in [-0.2, -0.15) is 0 Å². The third-order valence-corrected chi connectivity index (χ3v) is 3.69. The number of para-hydroxylation sites is 1. The van der Waals surface area contributed by atoms with Crippen LogP contribution in [0.3, 0.4) is 0 Å². The van der Waals surface area contributed by atoms with Crippen molar-refractivity contribution in [2.75, 3.05) is 11.9 Å². The van der Waals surface area contributed by atoms with Crippen molar-refractivity contribution in [3.63, 3.8) is 0 Å². The second kappa shape index (κ2) is 7.54. The smallest absolute Gasteiger partial charge is 0.259 e. The number of nitrogens with one attached hydrogen (secondary N) is 1. The van der Waals surface area contributed by atoms with Crippen LogP contribution in [-0.4, -0.2) is 29.9 Å². The van der Waals surface area contributed by atoms with E-state index in [4.69, 9.17) is 0 Å². The van der Waals surface area contributed by atoms with Crippen LogP contribution in [-0.2, 0) is 0 Å². The molecule has 0 bridgehead atoms. The van der Waals surface area contributed by atoms with E-state index in [1.807, 2.05) is 44.2 Å². The van der Waals surface area contributed by atoms with E-state index in [-0.39, 0.29) is 17.9 Å². The molecule has 2 aromatic rings. The van der Waals surface area contributed by atoms with E-state index in [0.29, 0.717) is 11.1 Å². The minimum absolute atomic E-state index is 0.0776. The Kier molecular flexibility index (Phi) is 5.46. The lowest BCUT2D eigenvalue weighted by Gasteiger charge is -2.17. The maximum Gasteiger partial charge on any atom is 0.259 e. The van der Waals surface area contributed by atoms with Crippen LogP contribution in [0.1, 0.15) is 41.0 Å². The molecule has 1 heterocycles. The van der Waals surface area contributed by atoms with Gasteiger partial charge in [-0.25, -0.2) is 0 Å². The van der Waals surface area contributed by atoms with Crippen LogP contribution in [0.2, 0.25) is 0 Å². The molecule has 0 fully saturated rings. The molecular formula is C18H21N3O2. The van der Waals surface area contributed by atoms with Gasteiger partial charge < -0.3 is 10.2 Å². The fraction of sp³-hybridized carbons (Fsp3) is 0.278. The zero-order valence-electron chi connectivity index (χ0n) is 13.6. The average Bonchev–Trinajstić information content (AvgIpc) is 2.61. The van der Waals surface area contributed by atoms with Gasteiger partial charge in [0.05, 0.1) is 11.1 Å². The van der Waals surface area contributed by atoms with Gasteiger partial charge in [0.2, 0.25) is 0 Å². The predicted octanol–water partition coefficient (Wildman–Crippen LogP) is 2.89.